The summed E-state index contributed by atoms with van der Waals surface area (Å²) in [6, 6.07) is 5.61. The second kappa shape index (κ2) is 4.56. The lowest BCUT2D eigenvalue weighted by Crippen LogP contribution is -2.07. The third kappa shape index (κ3) is 2.43. The summed E-state index contributed by atoms with van der Waals surface area (Å²) in [5.74, 6) is -2.48. The fourth-order valence-electron chi connectivity index (χ4n) is 0.848. The highest BCUT2D eigenvalue weighted by atomic mass is 19.2. The molecule has 0 amide bonds. The van der Waals surface area contributed by atoms with Gasteiger partial charge < -0.3 is 4.74 Å². The minimum Gasteiger partial charge on any atom is -0.489 e. The van der Waals surface area contributed by atoms with Crippen molar-refractivity contribution < 1.29 is 13.5 Å². The second-order valence-electron chi connectivity index (χ2n) is 2.89. The van der Waals surface area contributed by atoms with E-state index in [1.54, 1.807) is 6.92 Å². The Labute approximate surface area is 80.7 Å². The maximum atomic E-state index is 13.0. The Hall–Kier alpha value is -1.63. The number of hydrogen-bond donors (Lipinski definition) is 0. The lowest BCUT2D eigenvalue weighted by molar-refractivity contribution is 0.270. The molecule has 0 aliphatic carbocycles. The van der Waals surface area contributed by atoms with Crippen LogP contribution in [0.2, 0.25) is 0 Å². The monoisotopic (exact) mass is 197 g/mol. The highest BCUT2D eigenvalue weighted by molar-refractivity contribution is 5.25. The number of halogens is 2. The van der Waals surface area contributed by atoms with E-state index in [0.717, 1.165) is 6.07 Å². The van der Waals surface area contributed by atoms with E-state index in [-0.39, 0.29) is 18.3 Å². The van der Waals surface area contributed by atoms with Crippen molar-refractivity contribution in [2.24, 2.45) is 5.92 Å². The molecule has 0 heterocycles. The van der Waals surface area contributed by atoms with E-state index < -0.39 is 11.6 Å². The minimum atomic E-state index is -1.02. The van der Waals surface area contributed by atoms with E-state index in [2.05, 4.69) is 0 Å². The predicted molar refractivity (Wildman–Crippen MR) is 46.6 cm³/mol. The largest absolute Gasteiger partial charge is 0.489 e. The van der Waals surface area contributed by atoms with Crippen molar-refractivity contribution in [1.82, 2.24) is 0 Å². The number of nitrogens with zero attached hydrogens (tertiary/aromatic N) is 1. The van der Waals surface area contributed by atoms with Gasteiger partial charge in [0, 0.05) is 0 Å². The van der Waals surface area contributed by atoms with E-state index in [4.69, 9.17) is 10.00 Å². The number of nitriles is 1. The van der Waals surface area contributed by atoms with Crippen molar-refractivity contribution in [3.63, 3.8) is 0 Å². The fourth-order valence-corrected chi connectivity index (χ4v) is 0.848. The summed E-state index contributed by atoms with van der Waals surface area (Å²) in [5, 5.41) is 8.44. The number of hydrogen-bond acceptors (Lipinski definition) is 2. The molecule has 2 nitrogen and oxygen atoms in total. The molecular formula is C10H9F2NO. The number of ether oxygens (including phenoxy) is 1. The van der Waals surface area contributed by atoms with E-state index in [1.165, 1.54) is 12.1 Å². The highest BCUT2D eigenvalue weighted by Gasteiger charge is 2.09. The molecule has 1 aromatic carbocycles. The first-order valence-corrected chi connectivity index (χ1v) is 4.11. The standard InChI is InChI=1S/C10H9F2NO/c1-7(5-13)6-14-9-4-2-3-8(11)10(9)12/h2-4,7H,6H2,1H3. The van der Waals surface area contributed by atoms with Gasteiger partial charge in [-0.1, -0.05) is 6.07 Å². The van der Waals surface area contributed by atoms with Crippen LogP contribution in [-0.4, -0.2) is 6.61 Å². The first-order chi connectivity index (χ1) is 6.65. The highest BCUT2D eigenvalue weighted by Crippen LogP contribution is 2.19. The summed E-state index contributed by atoms with van der Waals surface area (Å²) in [5.41, 5.74) is 0. The van der Waals surface area contributed by atoms with Crippen LogP contribution in [-0.2, 0) is 0 Å². The zero-order chi connectivity index (χ0) is 10.6. The van der Waals surface area contributed by atoms with Gasteiger partial charge in [0.15, 0.2) is 11.6 Å². The van der Waals surface area contributed by atoms with Crippen LogP contribution in [0.25, 0.3) is 0 Å². The molecular weight excluding hydrogens is 188 g/mol. The molecule has 0 radical (unpaired) electrons. The Morgan fingerprint density at radius 3 is 2.86 bits per heavy atom. The van der Waals surface area contributed by atoms with Crippen LogP contribution in [0, 0.1) is 28.9 Å². The average Bonchev–Trinajstić information content (AvgIpc) is 2.20. The second-order valence-corrected chi connectivity index (χ2v) is 2.89. The van der Waals surface area contributed by atoms with Gasteiger partial charge in [-0.2, -0.15) is 9.65 Å². The van der Waals surface area contributed by atoms with E-state index in [0.29, 0.717) is 0 Å². The Morgan fingerprint density at radius 1 is 1.50 bits per heavy atom. The summed E-state index contributed by atoms with van der Waals surface area (Å²) in [7, 11) is 0. The third-order valence-corrected chi connectivity index (χ3v) is 1.63. The number of benzene rings is 1. The van der Waals surface area contributed by atoms with Gasteiger partial charge in [-0.3, -0.25) is 0 Å². The maximum absolute atomic E-state index is 13.0. The summed E-state index contributed by atoms with van der Waals surface area (Å²) in [6.07, 6.45) is 0. The molecule has 0 saturated carbocycles. The van der Waals surface area contributed by atoms with Crippen LogP contribution >= 0.6 is 0 Å². The van der Waals surface area contributed by atoms with Gasteiger partial charge in [0.25, 0.3) is 0 Å². The maximum Gasteiger partial charge on any atom is 0.200 e. The normalized spacial score (nSPS) is 11.9. The Kier molecular flexibility index (Phi) is 3.41. The minimum absolute atomic E-state index is 0.0525. The Bertz CT molecular complexity index is 360. The summed E-state index contributed by atoms with van der Waals surface area (Å²) < 4.78 is 30.6. The van der Waals surface area contributed by atoms with Gasteiger partial charge in [-0.15, -0.1) is 0 Å². The van der Waals surface area contributed by atoms with Crippen LogP contribution in [0.4, 0.5) is 8.78 Å². The molecule has 0 aliphatic rings. The molecule has 74 valence electrons. The zero-order valence-corrected chi connectivity index (χ0v) is 7.63. The zero-order valence-electron chi connectivity index (χ0n) is 7.63. The SMILES string of the molecule is CC(C#N)COc1cccc(F)c1F. The van der Waals surface area contributed by atoms with E-state index >= 15 is 0 Å². The smallest absolute Gasteiger partial charge is 0.200 e. The van der Waals surface area contributed by atoms with Crippen molar-refractivity contribution in [2.75, 3.05) is 6.61 Å². The predicted octanol–water partition coefficient (Wildman–Crippen LogP) is 2.50. The van der Waals surface area contributed by atoms with Crippen LogP contribution in [0.3, 0.4) is 0 Å². The summed E-state index contributed by atoms with van der Waals surface area (Å²) in [6.45, 7) is 1.69. The first kappa shape index (κ1) is 10.5. The molecule has 0 aromatic heterocycles. The molecule has 1 rings (SSSR count). The van der Waals surface area contributed by atoms with E-state index in [9.17, 15) is 8.78 Å². The summed E-state index contributed by atoms with van der Waals surface area (Å²) in [4.78, 5) is 0. The molecule has 0 saturated heterocycles. The fraction of sp³-hybridized carbons (Fsp3) is 0.300. The van der Waals surface area contributed by atoms with Crippen LogP contribution in [0.15, 0.2) is 18.2 Å². The van der Waals surface area contributed by atoms with E-state index in [1.807, 2.05) is 6.07 Å². The topological polar surface area (TPSA) is 33.0 Å². The molecule has 4 heteroatoms. The van der Waals surface area contributed by atoms with Crippen molar-refractivity contribution >= 4 is 0 Å². The molecule has 0 spiro atoms. The molecule has 0 bridgehead atoms. The van der Waals surface area contributed by atoms with Crippen LogP contribution in [0.1, 0.15) is 6.92 Å². The molecule has 0 N–H and O–H groups in total. The van der Waals surface area contributed by atoms with Gasteiger partial charge in [0.2, 0.25) is 5.82 Å². The Balaban J connectivity index is 2.69. The van der Waals surface area contributed by atoms with Crippen molar-refractivity contribution in [3.05, 3.63) is 29.8 Å². The average molecular weight is 197 g/mol. The molecule has 0 aliphatic heterocycles. The lowest BCUT2D eigenvalue weighted by atomic mass is 10.2. The van der Waals surface area contributed by atoms with Crippen molar-refractivity contribution in [1.29, 1.82) is 5.26 Å². The van der Waals surface area contributed by atoms with Gasteiger partial charge >= 0.3 is 0 Å². The van der Waals surface area contributed by atoms with Crippen LogP contribution in [0.5, 0.6) is 5.75 Å². The molecule has 1 atom stereocenters. The molecule has 14 heavy (non-hydrogen) atoms. The van der Waals surface area contributed by atoms with Gasteiger partial charge in [-0.25, -0.2) is 4.39 Å². The first-order valence-electron chi connectivity index (χ1n) is 4.11. The van der Waals surface area contributed by atoms with Crippen molar-refractivity contribution in [2.45, 2.75) is 6.92 Å². The van der Waals surface area contributed by atoms with Crippen LogP contribution < -0.4 is 4.74 Å². The lowest BCUT2D eigenvalue weighted by Gasteiger charge is -2.07. The van der Waals surface area contributed by atoms with Gasteiger partial charge in [0.1, 0.15) is 6.61 Å². The molecule has 1 aromatic rings. The Morgan fingerprint density at radius 2 is 2.21 bits per heavy atom. The quantitative estimate of drug-likeness (QED) is 0.745. The molecule has 1 unspecified atom stereocenters. The summed E-state index contributed by atoms with van der Waals surface area (Å²) >= 11 is 0. The van der Waals surface area contributed by atoms with Gasteiger partial charge in [-0.05, 0) is 19.1 Å². The van der Waals surface area contributed by atoms with Crippen molar-refractivity contribution in [3.8, 4) is 11.8 Å². The third-order valence-electron chi connectivity index (χ3n) is 1.63. The molecule has 0 fully saturated rings. The van der Waals surface area contributed by atoms with Gasteiger partial charge in [0.05, 0.1) is 12.0 Å². The number of rotatable bonds is 3.